The molecular formula is C19H36O2. The topological polar surface area (TPSA) is 37.3 Å². The van der Waals surface area contributed by atoms with Gasteiger partial charge < -0.3 is 5.11 Å². The summed E-state index contributed by atoms with van der Waals surface area (Å²) < 4.78 is 0. The molecule has 0 rings (SSSR count). The second-order valence-electron chi connectivity index (χ2n) is 6.27. The summed E-state index contributed by atoms with van der Waals surface area (Å²) in [4.78, 5) is 10.4. The monoisotopic (exact) mass is 296 g/mol. The summed E-state index contributed by atoms with van der Waals surface area (Å²) in [6.07, 6.45) is 19.0. The van der Waals surface area contributed by atoms with Crippen LogP contribution in [0.1, 0.15) is 104 Å². The van der Waals surface area contributed by atoms with Crippen molar-refractivity contribution in [2.24, 2.45) is 0 Å². The van der Waals surface area contributed by atoms with Crippen molar-refractivity contribution in [3.8, 4) is 0 Å². The quantitative estimate of drug-likeness (QED) is 0.277. The number of unbranched alkanes of at least 4 members (excludes halogenated alkanes) is 10. The standard InChI is InChI=1S/C19H36O2/c1-3-4-5-9-12-15-18(2)16-13-10-7-6-8-11-14-17-19(20)21/h15H,3-14,16-17H2,1-2H3,(H,20,21)/b18-15-. The van der Waals surface area contributed by atoms with E-state index in [0.29, 0.717) is 6.42 Å². The largest absolute Gasteiger partial charge is 0.481 e. The minimum Gasteiger partial charge on any atom is -0.481 e. The normalized spacial score (nSPS) is 11.8. The average molecular weight is 296 g/mol. The second-order valence-corrected chi connectivity index (χ2v) is 6.27. The summed E-state index contributed by atoms with van der Waals surface area (Å²) in [5.41, 5.74) is 1.56. The summed E-state index contributed by atoms with van der Waals surface area (Å²) in [6, 6.07) is 0. The van der Waals surface area contributed by atoms with Crippen molar-refractivity contribution in [1.29, 1.82) is 0 Å². The summed E-state index contributed by atoms with van der Waals surface area (Å²) >= 11 is 0. The Bertz CT molecular complexity index is 269. The van der Waals surface area contributed by atoms with Crippen LogP contribution in [0.15, 0.2) is 11.6 Å². The molecule has 0 spiro atoms. The van der Waals surface area contributed by atoms with Crippen molar-refractivity contribution in [3.05, 3.63) is 11.6 Å². The van der Waals surface area contributed by atoms with Gasteiger partial charge in [0.15, 0.2) is 0 Å². The van der Waals surface area contributed by atoms with Crippen LogP contribution < -0.4 is 0 Å². The molecule has 2 heteroatoms. The first-order valence-corrected chi connectivity index (χ1v) is 9.04. The summed E-state index contributed by atoms with van der Waals surface area (Å²) in [7, 11) is 0. The number of hydrogen-bond donors (Lipinski definition) is 1. The zero-order chi connectivity index (χ0) is 15.8. The Hall–Kier alpha value is -0.790. The molecule has 0 heterocycles. The van der Waals surface area contributed by atoms with Crippen molar-refractivity contribution in [2.45, 2.75) is 104 Å². The van der Waals surface area contributed by atoms with Gasteiger partial charge in [-0.15, -0.1) is 0 Å². The van der Waals surface area contributed by atoms with Gasteiger partial charge in [0, 0.05) is 6.42 Å². The number of rotatable bonds is 15. The number of aliphatic carboxylic acids is 1. The Kier molecular flexibility index (Phi) is 15.0. The molecule has 124 valence electrons. The number of allylic oxidation sites excluding steroid dienone is 2. The van der Waals surface area contributed by atoms with Gasteiger partial charge >= 0.3 is 5.97 Å². The lowest BCUT2D eigenvalue weighted by atomic mass is 10.0. The molecule has 0 bridgehead atoms. The third-order valence-corrected chi connectivity index (χ3v) is 4.01. The van der Waals surface area contributed by atoms with E-state index in [0.717, 1.165) is 12.8 Å². The van der Waals surface area contributed by atoms with E-state index in [1.54, 1.807) is 5.57 Å². The molecule has 0 saturated carbocycles. The van der Waals surface area contributed by atoms with Crippen LogP contribution >= 0.6 is 0 Å². The first kappa shape index (κ1) is 20.2. The fraction of sp³-hybridized carbons (Fsp3) is 0.842. The Morgan fingerprint density at radius 1 is 0.810 bits per heavy atom. The van der Waals surface area contributed by atoms with Crippen LogP contribution in [0, 0.1) is 0 Å². The molecule has 21 heavy (non-hydrogen) atoms. The molecule has 0 aliphatic rings. The summed E-state index contributed by atoms with van der Waals surface area (Å²) in [6.45, 7) is 4.53. The molecule has 0 aromatic carbocycles. The molecule has 0 aromatic rings. The average Bonchev–Trinajstić information content (AvgIpc) is 2.45. The maximum Gasteiger partial charge on any atom is 0.303 e. The zero-order valence-electron chi connectivity index (χ0n) is 14.3. The minimum absolute atomic E-state index is 0.336. The van der Waals surface area contributed by atoms with Crippen molar-refractivity contribution in [3.63, 3.8) is 0 Å². The van der Waals surface area contributed by atoms with Gasteiger partial charge in [-0.1, -0.05) is 69.9 Å². The predicted molar refractivity (Wildman–Crippen MR) is 91.7 cm³/mol. The third-order valence-electron chi connectivity index (χ3n) is 4.01. The van der Waals surface area contributed by atoms with Crippen molar-refractivity contribution in [2.75, 3.05) is 0 Å². The van der Waals surface area contributed by atoms with E-state index in [2.05, 4.69) is 19.9 Å². The Balaban J connectivity index is 3.26. The lowest BCUT2D eigenvalue weighted by Gasteiger charge is -2.03. The number of carboxylic acid groups (broad SMARTS) is 1. The van der Waals surface area contributed by atoms with Crippen molar-refractivity contribution >= 4 is 5.97 Å². The minimum atomic E-state index is -0.660. The molecule has 0 atom stereocenters. The Morgan fingerprint density at radius 3 is 1.90 bits per heavy atom. The van der Waals surface area contributed by atoms with Crippen LogP contribution in [0.4, 0.5) is 0 Å². The summed E-state index contributed by atoms with van der Waals surface area (Å²) in [5, 5.41) is 8.54. The highest BCUT2D eigenvalue weighted by Gasteiger charge is 1.97. The van der Waals surface area contributed by atoms with Gasteiger partial charge in [-0.25, -0.2) is 0 Å². The molecule has 0 aliphatic carbocycles. The number of carbonyl (C=O) groups is 1. The van der Waals surface area contributed by atoms with E-state index in [-0.39, 0.29) is 0 Å². The highest BCUT2D eigenvalue weighted by atomic mass is 16.4. The van der Waals surface area contributed by atoms with Gasteiger partial charge in [-0.05, 0) is 39.0 Å². The molecular weight excluding hydrogens is 260 g/mol. The lowest BCUT2D eigenvalue weighted by molar-refractivity contribution is -0.137. The van der Waals surface area contributed by atoms with E-state index in [9.17, 15) is 4.79 Å². The predicted octanol–water partition coefficient (Wildman–Crippen LogP) is 6.50. The van der Waals surface area contributed by atoms with E-state index in [4.69, 9.17) is 5.11 Å². The molecule has 0 aromatic heterocycles. The molecule has 0 aliphatic heterocycles. The lowest BCUT2D eigenvalue weighted by Crippen LogP contribution is -1.93. The van der Waals surface area contributed by atoms with Crippen LogP contribution in [0.3, 0.4) is 0 Å². The van der Waals surface area contributed by atoms with Crippen molar-refractivity contribution < 1.29 is 9.90 Å². The van der Waals surface area contributed by atoms with Crippen LogP contribution in [0.5, 0.6) is 0 Å². The highest BCUT2D eigenvalue weighted by molar-refractivity contribution is 5.66. The molecule has 0 fully saturated rings. The van der Waals surface area contributed by atoms with Gasteiger partial charge in [-0.3, -0.25) is 4.79 Å². The SMILES string of the molecule is CCCCCC/C=C(/C)CCCCCCCCCC(=O)O. The van der Waals surface area contributed by atoms with Gasteiger partial charge in [0.2, 0.25) is 0 Å². The summed E-state index contributed by atoms with van der Waals surface area (Å²) in [5.74, 6) is -0.660. The van der Waals surface area contributed by atoms with Crippen LogP contribution in [0.25, 0.3) is 0 Å². The van der Waals surface area contributed by atoms with E-state index in [1.807, 2.05) is 0 Å². The van der Waals surface area contributed by atoms with Crippen LogP contribution in [-0.2, 0) is 4.79 Å². The van der Waals surface area contributed by atoms with Crippen LogP contribution in [0.2, 0.25) is 0 Å². The van der Waals surface area contributed by atoms with E-state index >= 15 is 0 Å². The first-order chi connectivity index (χ1) is 10.2. The van der Waals surface area contributed by atoms with E-state index < -0.39 is 5.97 Å². The molecule has 0 unspecified atom stereocenters. The second kappa shape index (κ2) is 15.6. The third kappa shape index (κ3) is 17.2. The Morgan fingerprint density at radius 2 is 1.33 bits per heavy atom. The maximum absolute atomic E-state index is 10.4. The number of carboxylic acids is 1. The molecule has 0 saturated heterocycles. The van der Waals surface area contributed by atoms with E-state index in [1.165, 1.54) is 70.6 Å². The molecule has 0 amide bonds. The van der Waals surface area contributed by atoms with Crippen LogP contribution in [-0.4, -0.2) is 11.1 Å². The maximum atomic E-state index is 10.4. The molecule has 2 nitrogen and oxygen atoms in total. The highest BCUT2D eigenvalue weighted by Crippen LogP contribution is 2.14. The molecule has 0 radical (unpaired) electrons. The van der Waals surface area contributed by atoms with Gasteiger partial charge in [-0.2, -0.15) is 0 Å². The van der Waals surface area contributed by atoms with Gasteiger partial charge in [0.25, 0.3) is 0 Å². The fourth-order valence-corrected chi connectivity index (χ4v) is 2.59. The number of hydrogen-bond acceptors (Lipinski definition) is 1. The Labute approximate surface area is 132 Å². The smallest absolute Gasteiger partial charge is 0.303 e. The molecule has 1 N–H and O–H groups in total. The zero-order valence-corrected chi connectivity index (χ0v) is 14.3. The van der Waals surface area contributed by atoms with Gasteiger partial charge in [0.1, 0.15) is 0 Å². The van der Waals surface area contributed by atoms with Crippen molar-refractivity contribution in [1.82, 2.24) is 0 Å². The fourth-order valence-electron chi connectivity index (χ4n) is 2.59. The van der Waals surface area contributed by atoms with Gasteiger partial charge in [0.05, 0.1) is 0 Å². The first-order valence-electron chi connectivity index (χ1n) is 9.04.